The Labute approximate surface area is 142 Å². The Kier molecular flexibility index (Phi) is 4.70. The maximum atomic E-state index is 12.5. The maximum Gasteiger partial charge on any atom is 0.223 e. The van der Waals surface area contributed by atoms with Crippen molar-refractivity contribution in [3.8, 4) is 0 Å². The average molecular weight is 355 g/mol. The van der Waals surface area contributed by atoms with Crippen LogP contribution in [0.5, 0.6) is 0 Å². The minimum Gasteiger partial charge on any atom is -0.449 e. The highest BCUT2D eigenvalue weighted by Gasteiger charge is 2.47. The third-order valence-electron chi connectivity index (χ3n) is 4.73. The number of amides is 1. The predicted octanol–water partition coefficient (Wildman–Crippen LogP) is 0.839. The topological polar surface area (TPSA) is 83.7 Å². The van der Waals surface area contributed by atoms with Gasteiger partial charge >= 0.3 is 0 Å². The summed E-state index contributed by atoms with van der Waals surface area (Å²) in [7, 11) is -3.12. The van der Waals surface area contributed by atoms with Crippen molar-refractivity contribution in [3.63, 3.8) is 0 Å². The molecular weight excluding hydrogens is 330 g/mol. The SMILES string of the molecule is Cc1nc(CN2CCN(C(=O)CC(C)C)[C@H]3CS(=O)(=O)C[C@H]32)co1. The van der Waals surface area contributed by atoms with Gasteiger partial charge in [0.25, 0.3) is 0 Å². The van der Waals surface area contributed by atoms with E-state index in [2.05, 4.69) is 9.88 Å². The molecule has 2 aliphatic heterocycles. The second-order valence-corrected chi connectivity index (χ2v) is 9.38. The highest BCUT2D eigenvalue weighted by molar-refractivity contribution is 7.91. The number of oxazole rings is 1. The lowest BCUT2D eigenvalue weighted by molar-refractivity contribution is -0.137. The van der Waals surface area contributed by atoms with Gasteiger partial charge in [0.15, 0.2) is 15.7 Å². The molecule has 7 nitrogen and oxygen atoms in total. The molecule has 0 bridgehead atoms. The van der Waals surface area contributed by atoms with Crippen LogP contribution in [-0.4, -0.2) is 65.8 Å². The summed E-state index contributed by atoms with van der Waals surface area (Å²) in [6, 6.07) is -0.403. The van der Waals surface area contributed by atoms with Crippen molar-refractivity contribution >= 4 is 15.7 Å². The molecule has 0 N–H and O–H groups in total. The van der Waals surface area contributed by atoms with Crippen LogP contribution in [-0.2, 0) is 21.2 Å². The lowest BCUT2D eigenvalue weighted by atomic mass is 10.0. The Hall–Kier alpha value is -1.41. The van der Waals surface area contributed by atoms with Crippen molar-refractivity contribution in [2.45, 2.75) is 45.8 Å². The molecule has 8 heteroatoms. The zero-order valence-electron chi connectivity index (χ0n) is 14.4. The molecule has 2 saturated heterocycles. The van der Waals surface area contributed by atoms with E-state index in [-0.39, 0.29) is 35.4 Å². The van der Waals surface area contributed by atoms with Crippen molar-refractivity contribution < 1.29 is 17.6 Å². The Bertz CT molecular complexity index is 713. The third kappa shape index (κ3) is 3.64. The standard InChI is InChI=1S/C16H25N3O4S/c1-11(2)6-16(20)19-5-4-18(7-13-8-23-12(3)17-13)14-9-24(21,22)10-15(14)19/h8,11,14-15H,4-7,9-10H2,1-3H3/t14-,15+/m1/s1. The maximum absolute atomic E-state index is 12.5. The first-order chi connectivity index (χ1) is 11.2. The first-order valence-electron chi connectivity index (χ1n) is 8.40. The van der Waals surface area contributed by atoms with Gasteiger partial charge in [-0.15, -0.1) is 0 Å². The molecule has 0 aromatic carbocycles. The number of sulfone groups is 1. The second-order valence-electron chi connectivity index (χ2n) is 7.23. The number of hydrogen-bond donors (Lipinski definition) is 0. The van der Waals surface area contributed by atoms with E-state index in [9.17, 15) is 13.2 Å². The normalized spacial score (nSPS) is 26.8. The molecule has 0 saturated carbocycles. The molecule has 2 atom stereocenters. The van der Waals surface area contributed by atoms with Crippen molar-refractivity contribution in [1.29, 1.82) is 0 Å². The number of rotatable bonds is 4. The molecule has 2 aliphatic rings. The van der Waals surface area contributed by atoms with Crippen LogP contribution in [0.1, 0.15) is 31.9 Å². The van der Waals surface area contributed by atoms with Gasteiger partial charge in [-0.3, -0.25) is 9.69 Å². The lowest BCUT2D eigenvalue weighted by Crippen LogP contribution is -2.60. The summed E-state index contributed by atoms with van der Waals surface area (Å²) in [5, 5.41) is 0. The van der Waals surface area contributed by atoms with E-state index in [1.54, 1.807) is 18.1 Å². The number of aryl methyl sites for hydroxylation is 1. The number of hydrogen-bond acceptors (Lipinski definition) is 6. The van der Waals surface area contributed by atoms with Crippen molar-refractivity contribution in [2.24, 2.45) is 5.92 Å². The molecule has 0 aliphatic carbocycles. The molecule has 134 valence electrons. The van der Waals surface area contributed by atoms with Crippen LogP contribution in [0.4, 0.5) is 0 Å². The molecule has 1 amide bonds. The van der Waals surface area contributed by atoms with Crippen molar-refractivity contribution in [2.75, 3.05) is 24.6 Å². The van der Waals surface area contributed by atoms with Gasteiger partial charge in [0.05, 0.1) is 23.2 Å². The number of fused-ring (bicyclic) bond motifs is 1. The lowest BCUT2D eigenvalue weighted by Gasteiger charge is -2.43. The number of carbonyl (C=O) groups excluding carboxylic acids is 1. The van der Waals surface area contributed by atoms with E-state index < -0.39 is 9.84 Å². The summed E-state index contributed by atoms with van der Waals surface area (Å²) in [4.78, 5) is 20.7. The van der Waals surface area contributed by atoms with Crippen LogP contribution >= 0.6 is 0 Å². The Morgan fingerprint density at radius 3 is 2.67 bits per heavy atom. The van der Waals surface area contributed by atoms with Crippen molar-refractivity contribution in [3.05, 3.63) is 17.8 Å². The van der Waals surface area contributed by atoms with E-state index >= 15 is 0 Å². The molecule has 24 heavy (non-hydrogen) atoms. The third-order valence-corrected chi connectivity index (χ3v) is 6.42. The summed E-state index contributed by atoms with van der Waals surface area (Å²) in [5.41, 5.74) is 0.803. The summed E-state index contributed by atoms with van der Waals surface area (Å²) in [6.07, 6.45) is 2.08. The molecule has 1 aromatic heterocycles. The van der Waals surface area contributed by atoms with Gasteiger partial charge in [0.1, 0.15) is 6.26 Å². The number of nitrogens with zero attached hydrogens (tertiary/aromatic N) is 3. The van der Waals surface area contributed by atoms with Crippen LogP contribution in [0.15, 0.2) is 10.7 Å². The molecule has 0 radical (unpaired) electrons. The summed E-state index contributed by atoms with van der Waals surface area (Å²) < 4.78 is 29.6. The van der Waals surface area contributed by atoms with Gasteiger partial charge in [-0.05, 0) is 5.92 Å². The number of piperazine rings is 1. The molecular formula is C16H25N3O4S. The van der Waals surface area contributed by atoms with Crippen LogP contribution in [0.25, 0.3) is 0 Å². The quantitative estimate of drug-likeness (QED) is 0.796. The fourth-order valence-electron chi connectivity index (χ4n) is 3.69. The number of aromatic nitrogens is 1. The fraction of sp³-hybridized carbons (Fsp3) is 0.750. The summed E-state index contributed by atoms with van der Waals surface area (Å²) in [6.45, 7) is 7.58. The van der Waals surface area contributed by atoms with Gasteiger partial charge < -0.3 is 9.32 Å². The minimum atomic E-state index is -3.12. The van der Waals surface area contributed by atoms with Crippen LogP contribution in [0, 0.1) is 12.8 Å². The fourth-order valence-corrected chi connectivity index (χ4v) is 5.70. The Morgan fingerprint density at radius 1 is 1.33 bits per heavy atom. The van der Waals surface area contributed by atoms with Gasteiger partial charge in [0, 0.05) is 39.0 Å². The second kappa shape index (κ2) is 6.48. The zero-order valence-corrected chi connectivity index (χ0v) is 15.3. The van der Waals surface area contributed by atoms with E-state index in [1.165, 1.54) is 0 Å². The summed E-state index contributed by atoms with van der Waals surface area (Å²) in [5.74, 6) is 1.11. The van der Waals surface area contributed by atoms with E-state index in [0.29, 0.717) is 31.9 Å². The Balaban J connectivity index is 1.78. The largest absolute Gasteiger partial charge is 0.449 e. The van der Waals surface area contributed by atoms with E-state index in [0.717, 1.165) is 5.69 Å². The van der Waals surface area contributed by atoms with Crippen molar-refractivity contribution in [1.82, 2.24) is 14.8 Å². The van der Waals surface area contributed by atoms with Crippen LogP contribution < -0.4 is 0 Å². The highest BCUT2D eigenvalue weighted by atomic mass is 32.2. The molecule has 3 rings (SSSR count). The first-order valence-corrected chi connectivity index (χ1v) is 10.2. The van der Waals surface area contributed by atoms with Gasteiger partial charge in [-0.25, -0.2) is 13.4 Å². The van der Waals surface area contributed by atoms with Gasteiger partial charge in [-0.2, -0.15) is 0 Å². The van der Waals surface area contributed by atoms with Gasteiger partial charge in [-0.1, -0.05) is 13.8 Å². The number of carbonyl (C=O) groups is 1. The smallest absolute Gasteiger partial charge is 0.223 e. The van der Waals surface area contributed by atoms with Crippen LogP contribution in [0.3, 0.4) is 0 Å². The first kappa shape index (κ1) is 17.4. The van der Waals surface area contributed by atoms with E-state index in [1.807, 2.05) is 13.8 Å². The zero-order chi connectivity index (χ0) is 17.5. The van der Waals surface area contributed by atoms with Gasteiger partial charge in [0.2, 0.25) is 5.91 Å². The molecule has 0 spiro atoms. The summed E-state index contributed by atoms with van der Waals surface area (Å²) >= 11 is 0. The average Bonchev–Trinajstić information content (AvgIpc) is 3.00. The Morgan fingerprint density at radius 2 is 2.04 bits per heavy atom. The van der Waals surface area contributed by atoms with E-state index in [4.69, 9.17) is 4.42 Å². The molecule has 1 aromatic rings. The van der Waals surface area contributed by atoms with Crippen LogP contribution in [0.2, 0.25) is 0 Å². The molecule has 0 unspecified atom stereocenters. The molecule has 2 fully saturated rings. The highest BCUT2D eigenvalue weighted by Crippen LogP contribution is 2.29. The molecule has 3 heterocycles. The minimum absolute atomic E-state index is 0.0639. The monoisotopic (exact) mass is 355 g/mol. The predicted molar refractivity (Wildman–Crippen MR) is 89.0 cm³/mol.